The van der Waals surface area contributed by atoms with Gasteiger partial charge in [-0.05, 0) is 56.2 Å². The summed E-state index contributed by atoms with van der Waals surface area (Å²) in [7, 11) is 0. The van der Waals surface area contributed by atoms with Crippen molar-refractivity contribution in [3.8, 4) is 11.5 Å². The van der Waals surface area contributed by atoms with Crippen LogP contribution in [-0.4, -0.2) is 23.8 Å². The molecule has 2 aromatic rings. The Hall–Kier alpha value is -2.37. The van der Waals surface area contributed by atoms with Crippen LogP contribution in [0.1, 0.15) is 114 Å². The molecule has 0 radical (unpaired) electrons. The molecule has 2 unspecified atom stereocenters. The van der Waals surface area contributed by atoms with Crippen LogP contribution in [0.2, 0.25) is 0 Å². The molecule has 0 aliphatic heterocycles. The fourth-order valence-corrected chi connectivity index (χ4v) is 3.85. The molecular formula is C30H44O5. The van der Waals surface area contributed by atoms with E-state index in [0.717, 1.165) is 25.0 Å². The number of aliphatic hydroxyl groups is 1. The standard InChI is InChI=1S/C30H44O5/c1-4-6-8-10-11-13-23-33-27-19-15-26(16-20-27)30(32)35-28-21-17-25(18-22-28)29(31)34-24(3)14-12-9-7-5-2/h15-22,24,29,31H,4-14,23H2,1-3H3. The molecule has 0 spiro atoms. The van der Waals surface area contributed by atoms with Crippen LogP contribution in [-0.2, 0) is 4.74 Å². The third-order valence-electron chi connectivity index (χ3n) is 6.06. The SMILES string of the molecule is CCCCCCCCOc1ccc(C(=O)Oc2ccc(C(O)OC(C)CCCCCC)cc2)cc1. The van der Waals surface area contributed by atoms with Crippen molar-refractivity contribution >= 4 is 5.97 Å². The van der Waals surface area contributed by atoms with Crippen LogP contribution in [0.15, 0.2) is 48.5 Å². The Balaban J connectivity index is 1.74. The summed E-state index contributed by atoms with van der Waals surface area (Å²) in [6.07, 6.45) is 12.0. The molecule has 0 aromatic heterocycles. The van der Waals surface area contributed by atoms with Crippen molar-refractivity contribution in [3.63, 3.8) is 0 Å². The number of unbranched alkanes of at least 4 members (excludes halogenated alkanes) is 8. The summed E-state index contributed by atoms with van der Waals surface area (Å²) in [6, 6.07) is 13.8. The van der Waals surface area contributed by atoms with Gasteiger partial charge in [0, 0.05) is 5.56 Å². The number of carbonyl (C=O) groups is 1. The molecule has 2 rings (SSSR count). The monoisotopic (exact) mass is 484 g/mol. The van der Waals surface area contributed by atoms with Crippen LogP contribution in [0.5, 0.6) is 11.5 Å². The van der Waals surface area contributed by atoms with Crippen LogP contribution >= 0.6 is 0 Å². The second-order valence-corrected chi connectivity index (χ2v) is 9.25. The van der Waals surface area contributed by atoms with E-state index in [1.165, 1.54) is 51.4 Å². The van der Waals surface area contributed by atoms with Gasteiger partial charge in [-0.1, -0.05) is 83.8 Å². The van der Waals surface area contributed by atoms with Crippen molar-refractivity contribution < 1.29 is 24.1 Å². The van der Waals surface area contributed by atoms with Crippen LogP contribution in [0.4, 0.5) is 0 Å². The molecule has 5 nitrogen and oxygen atoms in total. The number of benzene rings is 2. The summed E-state index contributed by atoms with van der Waals surface area (Å²) >= 11 is 0. The molecule has 0 fully saturated rings. The van der Waals surface area contributed by atoms with Gasteiger partial charge in [0.1, 0.15) is 11.5 Å². The molecule has 2 atom stereocenters. The highest BCUT2D eigenvalue weighted by Gasteiger charge is 2.14. The second-order valence-electron chi connectivity index (χ2n) is 9.25. The molecule has 0 amide bonds. The third kappa shape index (κ3) is 11.7. The zero-order chi connectivity index (χ0) is 25.3. The van der Waals surface area contributed by atoms with Crippen molar-refractivity contribution in [1.82, 2.24) is 0 Å². The molecule has 1 N–H and O–H groups in total. The van der Waals surface area contributed by atoms with Gasteiger partial charge in [0.15, 0.2) is 6.29 Å². The molecule has 0 heterocycles. The van der Waals surface area contributed by atoms with E-state index in [1.807, 2.05) is 6.92 Å². The van der Waals surface area contributed by atoms with Crippen molar-refractivity contribution in [2.24, 2.45) is 0 Å². The zero-order valence-corrected chi connectivity index (χ0v) is 21.8. The molecule has 0 saturated carbocycles. The minimum Gasteiger partial charge on any atom is -0.494 e. The molecule has 0 aliphatic carbocycles. The number of ether oxygens (including phenoxy) is 3. The summed E-state index contributed by atoms with van der Waals surface area (Å²) in [5.41, 5.74) is 1.10. The smallest absolute Gasteiger partial charge is 0.343 e. The first kappa shape index (κ1) is 28.9. The van der Waals surface area contributed by atoms with Gasteiger partial charge in [-0.2, -0.15) is 0 Å². The van der Waals surface area contributed by atoms with Gasteiger partial charge in [0.2, 0.25) is 0 Å². The molecule has 2 aromatic carbocycles. The number of esters is 1. The minimum absolute atomic E-state index is 0.0166. The summed E-state index contributed by atoms with van der Waals surface area (Å²) in [6.45, 7) is 7.08. The largest absolute Gasteiger partial charge is 0.494 e. The lowest BCUT2D eigenvalue weighted by Crippen LogP contribution is -2.13. The van der Waals surface area contributed by atoms with Gasteiger partial charge in [0.05, 0.1) is 18.3 Å². The Kier molecular flexibility index (Phi) is 14.1. The van der Waals surface area contributed by atoms with E-state index in [-0.39, 0.29) is 6.10 Å². The van der Waals surface area contributed by atoms with E-state index in [4.69, 9.17) is 14.2 Å². The Labute approximate surface area is 211 Å². The van der Waals surface area contributed by atoms with Gasteiger partial charge < -0.3 is 19.3 Å². The lowest BCUT2D eigenvalue weighted by Gasteiger charge is -2.18. The first-order valence-electron chi connectivity index (χ1n) is 13.4. The Morgan fingerprint density at radius 1 is 0.771 bits per heavy atom. The van der Waals surface area contributed by atoms with E-state index < -0.39 is 12.3 Å². The number of hydrogen-bond acceptors (Lipinski definition) is 5. The highest BCUT2D eigenvalue weighted by Crippen LogP contribution is 2.22. The average Bonchev–Trinajstić information content (AvgIpc) is 2.87. The van der Waals surface area contributed by atoms with Crippen LogP contribution in [0.25, 0.3) is 0 Å². The lowest BCUT2D eigenvalue weighted by atomic mass is 10.1. The summed E-state index contributed by atoms with van der Waals surface area (Å²) < 4.78 is 17.0. The first-order chi connectivity index (χ1) is 17.0. The predicted octanol–water partition coefficient (Wildman–Crippen LogP) is 8.01. The van der Waals surface area contributed by atoms with Gasteiger partial charge >= 0.3 is 5.97 Å². The van der Waals surface area contributed by atoms with Crippen LogP contribution < -0.4 is 9.47 Å². The number of aliphatic hydroxyl groups excluding tert-OH is 1. The molecular weight excluding hydrogens is 440 g/mol. The minimum atomic E-state index is -0.996. The van der Waals surface area contributed by atoms with Crippen LogP contribution in [0.3, 0.4) is 0 Å². The Bertz CT molecular complexity index is 816. The third-order valence-corrected chi connectivity index (χ3v) is 6.06. The van der Waals surface area contributed by atoms with E-state index >= 15 is 0 Å². The zero-order valence-electron chi connectivity index (χ0n) is 21.8. The fraction of sp³-hybridized carbons (Fsp3) is 0.567. The molecule has 5 heteroatoms. The number of hydrogen-bond donors (Lipinski definition) is 1. The van der Waals surface area contributed by atoms with E-state index in [1.54, 1.807) is 48.5 Å². The fourth-order valence-electron chi connectivity index (χ4n) is 3.85. The molecule has 0 bridgehead atoms. The van der Waals surface area contributed by atoms with Gasteiger partial charge in [-0.3, -0.25) is 0 Å². The van der Waals surface area contributed by atoms with Gasteiger partial charge in [-0.25, -0.2) is 4.79 Å². The lowest BCUT2D eigenvalue weighted by molar-refractivity contribution is -0.136. The molecule has 0 aliphatic rings. The molecule has 35 heavy (non-hydrogen) atoms. The second kappa shape index (κ2) is 17.1. The maximum Gasteiger partial charge on any atom is 0.343 e. The predicted molar refractivity (Wildman–Crippen MR) is 141 cm³/mol. The highest BCUT2D eigenvalue weighted by atomic mass is 16.6. The molecule has 0 saturated heterocycles. The van der Waals surface area contributed by atoms with E-state index in [2.05, 4.69) is 13.8 Å². The topological polar surface area (TPSA) is 65.0 Å². The van der Waals surface area contributed by atoms with Crippen molar-refractivity contribution in [1.29, 1.82) is 0 Å². The van der Waals surface area contributed by atoms with Crippen molar-refractivity contribution in [2.45, 2.75) is 104 Å². The maximum atomic E-state index is 12.5. The molecule has 194 valence electrons. The van der Waals surface area contributed by atoms with E-state index in [0.29, 0.717) is 23.5 Å². The maximum absolute atomic E-state index is 12.5. The average molecular weight is 485 g/mol. The van der Waals surface area contributed by atoms with Crippen molar-refractivity contribution in [3.05, 3.63) is 59.7 Å². The first-order valence-corrected chi connectivity index (χ1v) is 13.4. The van der Waals surface area contributed by atoms with Crippen molar-refractivity contribution in [2.75, 3.05) is 6.61 Å². The number of carbonyl (C=O) groups excluding carboxylic acids is 1. The quantitative estimate of drug-likeness (QED) is 0.100. The normalized spacial score (nSPS) is 12.8. The van der Waals surface area contributed by atoms with Gasteiger partial charge in [0.25, 0.3) is 0 Å². The van der Waals surface area contributed by atoms with Gasteiger partial charge in [-0.15, -0.1) is 0 Å². The summed E-state index contributed by atoms with van der Waals surface area (Å²) in [4.78, 5) is 12.5. The van der Waals surface area contributed by atoms with E-state index in [9.17, 15) is 9.90 Å². The summed E-state index contributed by atoms with van der Waals surface area (Å²) in [5, 5.41) is 10.4. The van der Waals surface area contributed by atoms with Crippen LogP contribution in [0, 0.1) is 0 Å². The summed E-state index contributed by atoms with van der Waals surface area (Å²) in [5.74, 6) is 0.743. The number of rotatable bonds is 18. The Morgan fingerprint density at radius 3 is 2.00 bits per heavy atom. The Morgan fingerprint density at radius 2 is 1.34 bits per heavy atom. The highest BCUT2D eigenvalue weighted by molar-refractivity contribution is 5.91.